The molecule has 3 rings (SSSR count). The number of fused-ring (bicyclic) bond motifs is 1. The summed E-state index contributed by atoms with van der Waals surface area (Å²) in [4.78, 5) is 23.4. The highest BCUT2D eigenvalue weighted by Crippen LogP contribution is 2.37. The molecule has 2 aromatic rings. The van der Waals surface area contributed by atoms with Crippen molar-refractivity contribution in [1.82, 2.24) is 0 Å². The molecule has 0 saturated carbocycles. The van der Waals surface area contributed by atoms with Crippen molar-refractivity contribution < 1.29 is 23.8 Å². The lowest BCUT2D eigenvalue weighted by molar-refractivity contribution is -0.119. The lowest BCUT2D eigenvalue weighted by atomic mass is 10.0. The van der Waals surface area contributed by atoms with Crippen LogP contribution in [-0.2, 0) is 4.79 Å². The molecule has 6 nitrogen and oxygen atoms in total. The molecule has 1 amide bonds. The van der Waals surface area contributed by atoms with E-state index in [1.54, 1.807) is 44.4 Å². The fourth-order valence-electron chi connectivity index (χ4n) is 2.57. The number of hydrogen-bond donors (Lipinski definition) is 1. The van der Waals surface area contributed by atoms with Gasteiger partial charge in [0.25, 0.3) is 5.91 Å². The largest absolute Gasteiger partial charge is 0.497 e. The average molecular weight is 339 g/mol. The van der Waals surface area contributed by atoms with Gasteiger partial charge in [-0.25, -0.2) is 0 Å². The molecule has 25 heavy (non-hydrogen) atoms. The van der Waals surface area contributed by atoms with E-state index < -0.39 is 5.91 Å². The number of nitrogens with two attached hydrogens (primary N) is 1. The van der Waals surface area contributed by atoms with Crippen LogP contribution >= 0.6 is 0 Å². The number of rotatable bonds is 5. The van der Waals surface area contributed by atoms with Gasteiger partial charge in [-0.2, -0.15) is 0 Å². The molecular formula is C19H17NO5. The first kappa shape index (κ1) is 16.6. The molecule has 6 heteroatoms. The highest BCUT2D eigenvalue weighted by Gasteiger charge is 2.30. The predicted molar refractivity (Wildman–Crippen MR) is 91.8 cm³/mol. The molecule has 0 spiro atoms. The van der Waals surface area contributed by atoms with Crippen molar-refractivity contribution >= 4 is 17.8 Å². The van der Waals surface area contributed by atoms with Gasteiger partial charge in [-0.15, -0.1) is 0 Å². The molecule has 1 heterocycles. The number of aryl methyl sites for hydroxylation is 1. The Morgan fingerprint density at radius 3 is 2.56 bits per heavy atom. The van der Waals surface area contributed by atoms with Crippen LogP contribution in [0.4, 0.5) is 0 Å². The van der Waals surface area contributed by atoms with E-state index in [-0.39, 0.29) is 18.1 Å². The van der Waals surface area contributed by atoms with Crippen molar-refractivity contribution in [2.45, 2.75) is 6.92 Å². The first-order valence-corrected chi connectivity index (χ1v) is 7.62. The summed E-state index contributed by atoms with van der Waals surface area (Å²) in [7, 11) is 1.59. The normalized spacial score (nSPS) is 14.2. The summed E-state index contributed by atoms with van der Waals surface area (Å²) < 4.78 is 16.1. The Morgan fingerprint density at radius 1 is 1.20 bits per heavy atom. The van der Waals surface area contributed by atoms with E-state index in [4.69, 9.17) is 19.9 Å². The van der Waals surface area contributed by atoms with E-state index >= 15 is 0 Å². The molecular weight excluding hydrogens is 322 g/mol. The van der Waals surface area contributed by atoms with E-state index in [1.807, 2.05) is 12.1 Å². The summed E-state index contributed by atoms with van der Waals surface area (Å²) in [5.74, 6) is 1.03. The van der Waals surface area contributed by atoms with Gasteiger partial charge in [-0.05, 0) is 42.3 Å². The standard InChI is InChI=1S/C19H17NO5/c1-11-7-14(24-10-17(20)21)9-15-18(11)19(22)16(25-15)8-12-3-5-13(23-2)6-4-12/h3-9H,10H2,1-2H3,(H2,20,21)/b16-8-. The van der Waals surface area contributed by atoms with E-state index in [2.05, 4.69) is 0 Å². The Kier molecular flexibility index (Phi) is 4.43. The molecule has 0 aromatic heterocycles. The van der Waals surface area contributed by atoms with Crippen LogP contribution in [-0.4, -0.2) is 25.4 Å². The second-order valence-electron chi connectivity index (χ2n) is 5.58. The molecule has 0 fully saturated rings. The summed E-state index contributed by atoms with van der Waals surface area (Å²) in [6.07, 6.45) is 1.67. The first-order valence-electron chi connectivity index (χ1n) is 7.62. The third-order valence-electron chi connectivity index (χ3n) is 3.74. The zero-order chi connectivity index (χ0) is 18.0. The molecule has 1 aliphatic heterocycles. The van der Waals surface area contributed by atoms with E-state index in [0.29, 0.717) is 22.6 Å². The molecule has 128 valence electrons. The van der Waals surface area contributed by atoms with Gasteiger partial charge >= 0.3 is 0 Å². The number of ether oxygens (including phenoxy) is 3. The van der Waals surface area contributed by atoms with Gasteiger partial charge in [0.05, 0.1) is 12.7 Å². The molecule has 2 N–H and O–H groups in total. The van der Waals surface area contributed by atoms with E-state index in [0.717, 1.165) is 11.3 Å². The number of carbonyl (C=O) groups is 2. The van der Waals surface area contributed by atoms with Crippen molar-refractivity contribution in [2.24, 2.45) is 5.73 Å². The van der Waals surface area contributed by atoms with Gasteiger partial charge in [0.2, 0.25) is 5.78 Å². The monoisotopic (exact) mass is 339 g/mol. The minimum absolute atomic E-state index is 0.190. The third kappa shape index (κ3) is 3.47. The van der Waals surface area contributed by atoms with Crippen LogP contribution < -0.4 is 19.9 Å². The second kappa shape index (κ2) is 6.68. The Balaban J connectivity index is 1.87. The summed E-state index contributed by atoms with van der Waals surface area (Å²) >= 11 is 0. The summed E-state index contributed by atoms with van der Waals surface area (Å²) in [5.41, 5.74) is 7.09. The SMILES string of the molecule is COc1ccc(/C=C2\Oc3cc(OCC(N)=O)cc(C)c3C2=O)cc1. The van der Waals surface area contributed by atoms with Crippen molar-refractivity contribution in [1.29, 1.82) is 0 Å². The highest BCUT2D eigenvalue weighted by molar-refractivity contribution is 6.15. The van der Waals surface area contributed by atoms with Gasteiger partial charge in [0.1, 0.15) is 17.2 Å². The Bertz CT molecular complexity index is 868. The number of amides is 1. The number of Topliss-reactive ketones (excluding diaryl/α,β-unsaturated/α-hetero) is 1. The van der Waals surface area contributed by atoms with Crippen LogP contribution in [0.5, 0.6) is 17.2 Å². The number of hydrogen-bond acceptors (Lipinski definition) is 5. The van der Waals surface area contributed by atoms with Gasteiger partial charge in [0.15, 0.2) is 12.4 Å². The van der Waals surface area contributed by atoms with Gasteiger partial charge in [0, 0.05) is 6.07 Å². The average Bonchev–Trinajstić information content (AvgIpc) is 2.90. The fourth-order valence-corrected chi connectivity index (χ4v) is 2.57. The van der Waals surface area contributed by atoms with Crippen molar-refractivity contribution in [3.8, 4) is 17.2 Å². The molecule has 0 unspecified atom stereocenters. The molecule has 0 saturated heterocycles. The summed E-state index contributed by atoms with van der Waals surface area (Å²) in [6, 6.07) is 10.5. The maximum absolute atomic E-state index is 12.6. The Morgan fingerprint density at radius 2 is 1.92 bits per heavy atom. The smallest absolute Gasteiger partial charge is 0.255 e. The minimum Gasteiger partial charge on any atom is -0.497 e. The minimum atomic E-state index is -0.574. The van der Waals surface area contributed by atoms with Crippen LogP contribution in [0.2, 0.25) is 0 Å². The molecule has 1 aliphatic rings. The second-order valence-corrected chi connectivity index (χ2v) is 5.58. The fraction of sp³-hybridized carbons (Fsp3) is 0.158. The number of carbonyl (C=O) groups excluding carboxylic acids is 2. The van der Waals surface area contributed by atoms with Crippen molar-refractivity contribution in [2.75, 3.05) is 13.7 Å². The van der Waals surface area contributed by atoms with Crippen LogP contribution in [0, 0.1) is 6.92 Å². The topological polar surface area (TPSA) is 87.8 Å². The number of ketones is 1. The quantitative estimate of drug-likeness (QED) is 0.846. The number of methoxy groups -OCH3 is 1. The Hall–Kier alpha value is -3.28. The maximum atomic E-state index is 12.6. The van der Waals surface area contributed by atoms with Crippen molar-refractivity contribution in [3.05, 3.63) is 58.8 Å². The first-order chi connectivity index (χ1) is 12.0. The third-order valence-corrected chi connectivity index (χ3v) is 3.74. The highest BCUT2D eigenvalue weighted by atomic mass is 16.5. The zero-order valence-electron chi connectivity index (χ0n) is 13.9. The summed E-state index contributed by atoms with van der Waals surface area (Å²) in [6.45, 7) is 1.55. The molecule has 0 atom stereocenters. The van der Waals surface area contributed by atoms with Crippen LogP contribution in [0.1, 0.15) is 21.5 Å². The number of benzene rings is 2. The van der Waals surface area contributed by atoms with Crippen molar-refractivity contribution in [3.63, 3.8) is 0 Å². The van der Waals surface area contributed by atoms with E-state index in [9.17, 15) is 9.59 Å². The molecule has 0 radical (unpaired) electrons. The van der Waals surface area contributed by atoms with Crippen LogP contribution in [0.3, 0.4) is 0 Å². The van der Waals surface area contributed by atoms with Gasteiger partial charge in [-0.3, -0.25) is 9.59 Å². The van der Waals surface area contributed by atoms with Crippen LogP contribution in [0.25, 0.3) is 6.08 Å². The Labute approximate surface area is 144 Å². The zero-order valence-corrected chi connectivity index (χ0v) is 13.9. The van der Waals surface area contributed by atoms with Gasteiger partial charge < -0.3 is 19.9 Å². The summed E-state index contributed by atoms with van der Waals surface area (Å²) in [5, 5.41) is 0. The van der Waals surface area contributed by atoms with E-state index in [1.165, 1.54) is 0 Å². The van der Waals surface area contributed by atoms with Gasteiger partial charge in [-0.1, -0.05) is 12.1 Å². The molecule has 0 aliphatic carbocycles. The predicted octanol–water partition coefficient (Wildman–Crippen LogP) is 2.48. The molecule has 2 aromatic carbocycles. The number of primary amides is 1. The lowest BCUT2D eigenvalue weighted by Crippen LogP contribution is -2.20. The lowest BCUT2D eigenvalue weighted by Gasteiger charge is -2.07. The van der Waals surface area contributed by atoms with Crippen LogP contribution in [0.15, 0.2) is 42.2 Å². The maximum Gasteiger partial charge on any atom is 0.255 e. The number of allylic oxidation sites excluding steroid dienone is 1. The molecule has 0 bridgehead atoms.